The molecular weight excluding hydrogens is 192 g/mol. The molecule has 6 heteroatoms. The maximum Gasteiger partial charge on any atom is 0.265 e. The standard InChI is InChI=1S/C8H9F2N3O/c9-8(10)5-2-13-6(3-14)7(12)4(5)1-11/h2-3,8H,1,11-12H2. The van der Waals surface area contributed by atoms with Crippen LogP contribution in [0.1, 0.15) is 28.0 Å². The van der Waals surface area contributed by atoms with Gasteiger partial charge in [0.1, 0.15) is 5.69 Å². The van der Waals surface area contributed by atoms with Crippen LogP contribution < -0.4 is 11.5 Å². The van der Waals surface area contributed by atoms with Crippen molar-refractivity contribution in [3.63, 3.8) is 0 Å². The molecule has 4 nitrogen and oxygen atoms in total. The van der Waals surface area contributed by atoms with E-state index in [1.165, 1.54) is 0 Å². The molecule has 0 bridgehead atoms. The van der Waals surface area contributed by atoms with E-state index in [0.29, 0.717) is 6.29 Å². The zero-order valence-electron chi connectivity index (χ0n) is 7.21. The minimum Gasteiger partial charge on any atom is -0.397 e. The fourth-order valence-corrected chi connectivity index (χ4v) is 1.11. The van der Waals surface area contributed by atoms with Gasteiger partial charge in [0, 0.05) is 23.9 Å². The second-order valence-corrected chi connectivity index (χ2v) is 2.61. The molecule has 0 saturated heterocycles. The Morgan fingerprint density at radius 3 is 2.64 bits per heavy atom. The number of hydrogen-bond acceptors (Lipinski definition) is 4. The molecule has 0 aliphatic heterocycles. The van der Waals surface area contributed by atoms with Gasteiger partial charge in [-0.3, -0.25) is 9.78 Å². The lowest BCUT2D eigenvalue weighted by Gasteiger charge is -2.10. The number of nitrogens with zero attached hydrogens (tertiary/aromatic N) is 1. The molecule has 1 heterocycles. The van der Waals surface area contributed by atoms with Crippen molar-refractivity contribution in [2.45, 2.75) is 13.0 Å². The van der Waals surface area contributed by atoms with Gasteiger partial charge in [0.2, 0.25) is 0 Å². The van der Waals surface area contributed by atoms with E-state index < -0.39 is 6.43 Å². The van der Waals surface area contributed by atoms with E-state index in [1.54, 1.807) is 0 Å². The van der Waals surface area contributed by atoms with Crippen LogP contribution in [0, 0.1) is 0 Å². The molecule has 0 aliphatic carbocycles. The Morgan fingerprint density at radius 1 is 1.57 bits per heavy atom. The first-order valence-corrected chi connectivity index (χ1v) is 3.82. The van der Waals surface area contributed by atoms with Crippen molar-refractivity contribution in [3.8, 4) is 0 Å². The molecule has 0 fully saturated rings. The molecular formula is C8H9F2N3O. The monoisotopic (exact) mass is 201 g/mol. The first-order chi connectivity index (χ1) is 6.61. The predicted octanol–water partition coefficient (Wildman–Crippen LogP) is 0.873. The first kappa shape index (κ1) is 10.5. The van der Waals surface area contributed by atoms with Gasteiger partial charge in [-0.05, 0) is 0 Å². The number of carbonyl (C=O) groups is 1. The molecule has 4 N–H and O–H groups in total. The van der Waals surface area contributed by atoms with E-state index in [9.17, 15) is 13.6 Å². The van der Waals surface area contributed by atoms with Crippen LogP contribution in [0.15, 0.2) is 6.20 Å². The van der Waals surface area contributed by atoms with Crippen molar-refractivity contribution in [3.05, 3.63) is 23.0 Å². The van der Waals surface area contributed by atoms with Crippen LogP contribution in [-0.2, 0) is 6.54 Å². The number of aldehydes is 1. The molecule has 14 heavy (non-hydrogen) atoms. The smallest absolute Gasteiger partial charge is 0.265 e. The van der Waals surface area contributed by atoms with Crippen molar-refractivity contribution < 1.29 is 13.6 Å². The largest absolute Gasteiger partial charge is 0.397 e. The Morgan fingerprint density at radius 2 is 2.21 bits per heavy atom. The van der Waals surface area contributed by atoms with E-state index >= 15 is 0 Å². The van der Waals surface area contributed by atoms with Gasteiger partial charge in [-0.25, -0.2) is 8.78 Å². The van der Waals surface area contributed by atoms with E-state index in [2.05, 4.69) is 4.98 Å². The number of alkyl halides is 2. The van der Waals surface area contributed by atoms with E-state index in [0.717, 1.165) is 6.20 Å². The van der Waals surface area contributed by atoms with Crippen LogP contribution in [0.25, 0.3) is 0 Å². The maximum atomic E-state index is 12.4. The average molecular weight is 201 g/mol. The van der Waals surface area contributed by atoms with E-state index in [1.807, 2.05) is 0 Å². The number of pyridine rings is 1. The number of aromatic nitrogens is 1. The number of nitrogen functional groups attached to an aromatic ring is 1. The van der Waals surface area contributed by atoms with Gasteiger partial charge in [0.05, 0.1) is 5.69 Å². The zero-order valence-corrected chi connectivity index (χ0v) is 7.21. The summed E-state index contributed by atoms with van der Waals surface area (Å²) in [5, 5.41) is 0. The molecule has 1 aromatic heterocycles. The van der Waals surface area contributed by atoms with Gasteiger partial charge in [0.15, 0.2) is 6.29 Å². The summed E-state index contributed by atoms with van der Waals surface area (Å²) in [6.07, 6.45) is -1.36. The number of rotatable bonds is 3. The Bertz CT molecular complexity index is 355. The Labute approximate surface area is 78.9 Å². The van der Waals surface area contributed by atoms with Crippen molar-refractivity contribution in [2.75, 3.05) is 5.73 Å². The highest BCUT2D eigenvalue weighted by Gasteiger charge is 2.17. The van der Waals surface area contributed by atoms with Crippen LogP contribution >= 0.6 is 0 Å². The van der Waals surface area contributed by atoms with Crippen LogP contribution in [0.3, 0.4) is 0 Å². The lowest BCUT2D eigenvalue weighted by molar-refractivity contribution is 0.111. The summed E-state index contributed by atoms with van der Waals surface area (Å²) in [7, 11) is 0. The molecule has 0 aliphatic rings. The van der Waals surface area contributed by atoms with E-state index in [4.69, 9.17) is 11.5 Å². The van der Waals surface area contributed by atoms with Gasteiger partial charge < -0.3 is 11.5 Å². The highest BCUT2D eigenvalue weighted by Crippen LogP contribution is 2.26. The number of hydrogen-bond donors (Lipinski definition) is 2. The summed E-state index contributed by atoms with van der Waals surface area (Å²) >= 11 is 0. The molecule has 76 valence electrons. The highest BCUT2D eigenvalue weighted by atomic mass is 19.3. The fraction of sp³-hybridized carbons (Fsp3) is 0.250. The van der Waals surface area contributed by atoms with Crippen LogP contribution in [-0.4, -0.2) is 11.3 Å². The quantitative estimate of drug-likeness (QED) is 0.711. The van der Waals surface area contributed by atoms with Gasteiger partial charge in [0.25, 0.3) is 6.43 Å². The molecule has 0 saturated carbocycles. The number of nitrogens with two attached hydrogens (primary N) is 2. The minimum atomic E-state index is -2.69. The fourth-order valence-electron chi connectivity index (χ4n) is 1.11. The average Bonchev–Trinajstić information content (AvgIpc) is 2.17. The van der Waals surface area contributed by atoms with Crippen LogP contribution in [0.4, 0.5) is 14.5 Å². The topological polar surface area (TPSA) is 82.0 Å². The number of halogens is 2. The normalized spacial score (nSPS) is 10.6. The zero-order chi connectivity index (χ0) is 10.7. The molecule has 0 radical (unpaired) electrons. The van der Waals surface area contributed by atoms with Gasteiger partial charge in [-0.2, -0.15) is 0 Å². The lowest BCUT2D eigenvalue weighted by atomic mass is 10.1. The third-order valence-electron chi connectivity index (χ3n) is 1.84. The van der Waals surface area contributed by atoms with Crippen molar-refractivity contribution >= 4 is 12.0 Å². The Balaban J connectivity index is 3.35. The molecule has 0 amide bonds. The summed E-state index contributed by atoms with van der Waals surface area (Å²) in [6.45, 7) is -0.144. The third-order valence-corrected chi connectivity index (χ3v) is 1.84. The maximum absolute atomic E-state index is 12.4. The van der Waals surface area contributed by atoms with Gasteiger partial charge in [-0.1, -0.05) is 0 Å². The van der Waals surface area contributed by atoms with Gasteiger partial charge >= 0.3 is 0 Å². The van der Waals surface area contributed by atoms with Crippen molar-refractivity contribution in [1.82, 2.24) is 4.98 Å². The minimum absolute atomic E-state index is 0.0603. The van der Waals surface area contributed by atoms with Crippen LogP contribution in [0.5, 0.6) is 0 Å². The molecule has 0 aromatic carbocycles. The number of carbonyl (C=O) groups excluding carboxylic acids is 1. The molecule has 0 unspecified atom stereocenters. The third kappa shape index (κ3) is 1.69. The first-order valence-electron chi connectivity index (χ1n) is 3.82. The van der Waals surface area contributed by atoms with Crippen molar-refractivity contribution in [1.29, 1.82) is 0 Å². The second-order valence-electron chi connectivity index (χ2n) is 2.61. The summed E-state index contributed by atoms with van der Waals surface area (Å²) in [6, 6.07) is 0. The lowest BCUT2D eigenvalue weighted by Crippen LogP contribution is -2.10. The summed E-state index contributed by atoms with van der Waals surface area (Å²) < 4.78 is 24.8. The summed E-state index contributed by atoms with van der Waals surface area (Å²) in [5.41, 5.74) is 10.3. The van der Waals surface area contributed by atoms with Gasteiger partial charge in [-0.15, -0.1) is 0 Å². The molecule has 1 aromatic rings. The highest BCUT2D eigenvalue weighted by molar-refractivity contribution is 5.82. The predicted molar refractivity (Wildman–Crippen MR) is 46.9 cm³/mol. The van der Waals surface area contributed by atoms with Crippen LogP contribution in [0.2, 0.25) is 0 Å². The summed E-state index contributed by atoms with van der Waals surface area (Å²) in [4.78, 5) is 13.9. The molecule has 0 spiro atoms. The Hall–Kier alpha value is -1.56. The summed E-state index contributed by atoms with van der Waals surface area (Å²) in [5.74, 6) is 0. The van der Waals surface area contributed by atoms with E-state index in [-0.39, 0.29) is 29.1 Å². The number of anilines is 1. The van der Waals surface area contributed by atoms with Crippen molar-refractivity contribution in [2.24, 2.45) is 5.73 Å². The molecule has 0 atom stereocenters. The second kappa shape index (κ2) is 4.10. The SMILES string of the molecule is NCc1c(C(F)F)cnc(C=O)c1N. The molecule has 1 rings (SSSR count). The Kier molecular flexibility index (Phi) is 3.08.